The maximum atomic E-state index is 13.0. The largest absolute Gasteiger partial charge is 0.481 e. The van der Waals surface area contributed by atoms with Crippen LogP contribution < -0.4 is 21.7 Å². The number of carbonyl (C=O) groups is 5. The summed E-state index contributed by atoms with van der Waals surface area (Å²) >= 11 is 1.40. The highest BCUT2D eigenvalue weighted by Crippen LogP contribution is 2.06. The fourth-order valence-corrected chi connectivity index (χ4v) is 3.28. The maximum absolute atomic E-state index is 13.0. The van der Waals surface area contributed by atoms with Gasteiger partial charge in [0.1, 0.15) is 12.1 Å². The number of aliphatic hydroxyl groups excluding tert-OH is 1. The topological polar surface area (TPSA) is 237 Å². The highest BCUT2D eigenvalue weighted by Gasteiger charge is 2.32. The second-order valence-corrected chi connectivity index (χ2v) is 8.44. The minimum Gasteiger partial charge on any atom is -0.481 e. The Morgan fingerprint density at radius 2 is 1.71 bits per heavy atom. The van der Waals surface area contributed by atoms with E-state index in [1.165, 1.54) is 31.2 Å². The fourth-order valence-electron chi connectivity index (χ4n) is 2.80. The van der Waals surface area contributed by atoms with E-state index < -0.39 is 66.4 Å². The van der Waals surface area contributed by atoms with Crippen LogP contribution in [0, 0.1) is 0 Å². The molecule has 34 heavy (non-hydrogen) atoms. The van der Waals surface area contributed by atoms with Gasteiger partial charge in [-0.05, 0) is 25.4 Å². The summed E-state index contributed by atoms with van der Waals surface area (Å²) in [7, 11) is 0. The normalized spacial score (nSPS) is 15.3. The molecule has 0 aliphatic rings. The Bertz CT molecular complexity index is 850. The molecular formula is C19H30N6O8S. The van der Waals surface area contributed by atoms with Crippen molar-refractivity contribution in [2.45, 2.75) is 56.5 Å². The van der Waals surface area contributed by atoms with Crippen molar-refractivity contribution in [3.05, 3.63) is 18.2 Å². The van der Waals surface area contributed by atoms with Crippen LogP contribution in [0.4, 0.5) is 0 Å². The lowest BCUT2D eigenvalue weighted by Crippen LogP contribution is -2.59. The van der Waals surface area contributed by atoms with Crippen LogP contribution in [0.2, 0.25) is 0 Å². The third kappa shape index (κ3) is 9.76. The second kappa shape index (κ2) is 14.2. The van der Waals surface area contributed by atoms with Crippen molar-refractivity contribution >= 4 is 41.4 Å². The van der Waals surface area contributed by atoms with Gasteiger partial charge in [0.25, 0.3) is 0 Å². The number of amides is 3. The number of aliphatic hydroxyl groups is 1. The highest BCUT2D eigenvalue weighted by atomic mass is 32.2. The maximum Gasteiger partial charge on any atom is 0.328 e. The number of rotatable bonds is 15. The van der Waals surface area contributed by atoms with Gasteiger partial charge in [0.2, 0.25) is 17.7 Å². The summed E-state index contributed by atoms with van der Waals surface area (Å²) in [5, 5.41) is 34.8. The molecule has 1 rings (SSSR count). The summed E-state index contributed by atoms with van der Waals surface area (Å²) in [5.74, 6) is -4.78. The van der Waals surface area contributed by atoms with E-state index in [1.54, 1.807) is 6.26 Å². The number of hydrogen-bond donors (Lipinski definition) is 8. The van der Waals surface area contributed by atoms with Crippen molar-refractivity contribution in [3.8, 4) is 0 Å². The molecule has 0 aliphatic carbocycles. The van der Waals surface area contributed by atoms with Gasteiger partial charge in [-0.15, -0.1) is 0 Å². The first kappa shape index (κ1) is 28.9. The molecule has 0 bridgehead atoms. The molecule has 15 heteroatoms. The number of nitrogens with one attached hydrogen (secondary N) is 4. The summed E-state index contributed by atoms with van der Waals surface area (Å²) in [6.07, 6.45) is 2.57. The number of hydrogen-bond acceptors (Lipinski definition) is 9. The van der Waals surface area contributed by atoms with E-state index in [2.05, 4.69) is 25.9 Å². The molecule has 3 amide bonds. The molecule has 0 saturated carbocycles. The Morgan fingerprint density at radius 1 is 1.09 bits per heavy atom. The zero-order valence-corrected chi connectivity index (χ0v) is 19.5. The predicted octanol–water partition coefficient (Wildman–Crippen LogP) is -2.57. The van der Waals surface area contributed by atoms with Gasteiger partial charge in [-0.1, -0.05) is 0 Å². The van der Waals surface area contributed by atoms with Crippen LogP contribution in [0.1, 0.15) is 25.5 Å². The minimum atomic E-state index is -1.62. The van der Waals surface area contributed by atoms with Gasteiger partial charge in [0.15, 0.2) is 6.04 Å². The van der Waals surface area contributed by atoms with Crippen LogP contribution in [0.5, 0.6) is 0 Å². The number of thioether (sulfide) groups is 1. The van der Waals surface area contributed by atoms with Gasteiger partial charge in [-0.3, -0.25) is 19.2 Å². The molecule has 5 unspecified atom stereocenters. The Kier molecular flexibility index (Phi) is 12.0. The van der Waals surface area contributed by atoms with Crippen LogP contribution in [0.3, 0.4) is 0 Å². The quantitative estimate of drug-likeness (QED) is 0.124. The van der Waals surface area contributed by atoms with Crippen molar-refractivity contribution in [2.75, 3.05) is 12.0 Å². The summed E-state index contributed by atoms with van der Waals surface area (Å²) in [6, 6.07) is -5.41. The molecule has 1 heterocycles. The SMILES string of the molecule is CSCCC(NC(=O)C(N)CC(=O)O)C(=O)NC(Cc1cnc[nH]1)C(=O)NC(C(=O)O)C(C)O. The lowest BCUT2D eigenvalue weighted by atomic mass is 10.1. The molecule has 9 N–H and O–H groups in total. The van der Waals surface area contributed by atoms with Gasteiger partial charge in [0.05, 0.1) is 24.9 Å². The fraction of sp³-hybridized carbons (Fsp3) is 0.579. The van der Waals surface area contributed by atoms with Crippen LogP contribution in [0.25, 0.3) is 0 Å². The average Bonchev–Trinajstić information content (AvgIpc) is 3.26. The van der Waals surface area contributed by atoms with E-state index >= 15 is 0 Å². The first-order valence-corrected chi connectivity index (χ1v) is 11.6. The molecule has 1 aromatic heterocycles. The average molecular weight is 503 g/mol. The molecule has 0 saturated heterocycles. The molecule has 14 nitrogen and oxygen atoms in total. The third-order valence-corrected chi connectivity index (χ3v) is 5.28. The predicted molar refractivity (Wildman–Crippen MR) is 121 cm³/mol. The van der Waals surface area contributed by atoms with Gasteiger partial charge in [0, 0.05) is 18.3 Å². The van der Waals surface area contributed by atoms with Crippen LogP contribution >= 0.6 is 11.8 Å². The van der Waals surface area contributed by atoms with Gasteiger partial charge in [-0.25, -0.2) is 9.78 Å². The number of carboxylic acids is 2. The minimum absolute atomic E-state index is 0.0918. The summed E-state index contributed by atoms with van der Waals surface area (Å²) in [4.78, 5) is 66.8. The molecule has 1 aromatic rings. The number of aromatic amines is 1. The summed E-state index contributed by atoms with van der Waals surface area (Å²) in [5.41, 5.74) is 6.02. The molecule has 190 valence electrons. The van der Waals surface area contributed by atoms with E-state index in [0.717, 1.165) is 0 Å². The Morgan fingerprint density at radius 3 is 2.21 bits per heavy atom. The molecule has 0 fully saturated rings. The van der Waals surface area contributed by atoms with Gasteiger partial charge >= 0.3 is 11.9 Å². The first-order valence-electron chi connectivity index (χ1n) is 10.2. The van der Waals surface area contributed by atoms with Gasteiger partial charge in [-0.2, -0.15) is 11.8 Å². The molecule has 0 radical (unpaired) electrons. The molecule has 5 atom stereocenters. The van der Waals surface area contributed by atoms with E-state index in [9.17, 15) is 34.2 Å². The number of H-pyrrole nitrogens is 1. The number of carboxylic acid groups (broad SMARTS) is 2. The number of nitrogens with zero attached hydrogens (tertiary/aromatic N) is 1. The Hall–Kier alpha value is -3.17. The zero-order valence-electron chi connectivity index (χ0n) is 18.7. The van der Waals surface area contributed by atoms with E-state index in [0.29, 0.717) is 11.4 Å². The smallest absolute Gasteiger partial charge is 0.328 e. The lowest BCUT2D eigenvalue weighted by Gasteiger charge is -2.25. The van der Waals surface area contributed by atoms with Gasteiger partial charge < -0.3 is 42.0 Å². The van der Waals surface area contributed by atoms with E-state index in [1.807, 2.05) is 0 Å². The number of aliphatic carboxylic acids is 2. The highest BCUT2D eigenvalue weighted by molar-refractivity contribution is 7.98. The number of nitrogens with two attached hydrogens (primary N) is 1. The molecule has 0 spiro atoms. The van der Waals surface area contributed by atoms with Crippen LogP contribution in [-0.4, -0.2) is 97.2 Å². The molecule has 0 aromatic carbocycles. The number of imidazole rings is 1. The summed E-state index contributed by atoms with van der Waals surface area (Å²) in [6.45, 7) is 1.19. The monoisotopic (exact) mass is 502 g/mol. The number of carbonyl (C=O) groups excluding carboxylic acids is 3. The van der Waals surface area contributed by atoms with Crippen molar-refractivity contribution in [2.24, 2.45) is 5.73 Å². The summed E-state index contributed by atoms with van der Waals surface area (Å²) < 4.78 is 0. The van der Waals surface area contributed by atoms with Crippen molar-refractivity contribution < 1.29 is 39.3 Å². The van der Waals surface area contributed by atoms with E-state index in [4.69, 9.17) is 10.8 Å². The van der Waals surface area contributed by atoms with Crippen molar-refractivity contribution in [1.29, 1.82) is 0 Å². The molecule has 0 aliphatic heterocycles. The van der Waals surface area contributed by atoms with Crippen LogP contribution in [0.15, 0.2) is 12.5 Å². The first-order chi connectivity index (χ1) is 16.0. The Balaban J connectivity index is 3.04. The zero-order chi connectivity index (χ0) is 25.8. The van der Waals surface area contributed by atoms with Crippen molar-refractivity contribution in [1.82, 2.24) is 25.9 Å². The Labute approximate surface area is 199 Å². The standard InChI is InChI=1S/C19H30N6O8S/c1-9(26)15(19(32)33)25-18(31)13(5-10-7-21-8-22-10)24-17(30)12(3-4-34-2)23-16(29)11(20)6-14(27)28/h7-9,11-13,15,26H,3-6,20H2,1-2H3,(H,21,22)(H,23,29)(H,24,30)(H,25,31)(H,27,28)(H,32,33). The second-order valence-electron chi connectivity index (χ2n) is 7.45. The lowest BCUT2D eigenvalue weighted by molar-refractivity contribution is -0.145. The van der Waals surface area contributed by atoms with Crippen LogP contribution in [-0.2, 0) is 30.4 Å². The van der Waals surface area contributed by atoms with Crippen molar-refractivity contribution in [3.63, 3.8) is 0 Å². The van der Waals surface area contributed by atoms with E-state index in [-0.39, 0.29) is 12.8 Å². The third-order valence-electron chi connectivity index (χ3n) is 4.63. The number of aromatic nitrogens is 2. The molecular weight excluding hydrogens is 472 g/mol.